The summed E-state index contributed by atoms with van der Waals surface area (Å²) in [6, 6.07) is 20.9. The van der Waals surface area contributed by atoms with Gasteiger partial charge in [-0.3, -0.25) is 4.79 Å². The summed E-state index contributed by atoms with van der Waals surface area (Å²) in [5.41, 5.74) is 2.54. The number of carbonyl (C=O) groups excluding carboxylic acids is 1. The van der Waals surface area contributed by atoms with Crippen LogP contribution in [0.1, 0.15) is 42.9 Å². The molecule has 1 fully saturated rings. The van der Waals surface area contributed by atoms with E-state index in [-0.39, 0.29) is 17.9 Å². The van der Waals surface area contributed by atoms with E-state index in [1.165, 1.54) is 11.1 Å². The summed E-state index contributed by atoms with van der Waals surface area (Å²) < 4.78 is 5.37. The lowest BCUT2D eigenvalue weighted by atomic mass is 9.95. The van der Waals surface area contributed by atoms with E-state index >= 15 is 0 Å². The van der Waals surface area contributed by atoms with Gasteiger partial charge in [-0.2, -0.15) is 0 Å². The minimum Gasteiger partial charge on any atom is -0.381 e. The van der Waals surface area contributed by atoms with Crippen LogP contribution in [0.3, 0.4) is 0 Å². The molecule has 1 aliphatic heterocycles. The van der Waals surface area contributed by atoms with E-state index in [1.54, 1.807) is 0 Å². The van der Waals surface area contributed by atoms with Crippen LogP contribution < -0.4 is 5.32 Å². The molecule has 0 saturated carbocycles. The van der Waals surface area contributed by atoms with Crippen LogP contribution in [0.5, 0.6) is 0 Å². The molecule has 3 heteroatoms. The molecule has 1 N–H and O–H groups in total. The zero-order valence-electron chi connectivity index (χ0n) is 14.7. The summed E-state index contributed by atoms with van der Waals surface area (Å²) in [6.07, 6.45) is 4.71. The van der Waals surface area contributed by atoms with Crippen LogP contribution >= 0.6 is 0 Å². The van der Waals surface area contributed by atoms with Gasteiger partial charge in [-0.05, 0) is 43.2 Å². The third-order valence-electron chi connectivity index (χ3n) is 4.91. The zero-order valence-corrected chi connectivity index (χ0v) is 14.7. The van der Waals surface area contributed by atoms with Crippen molar-refractivity contribution in [1.82, 2.24) is 5.32 Å². The van der Waals surface area contributed by atoms with Gasteiger partial charge in [0.25, 0.3) is 0 Å². The van der Waals surface area contributed by atoms with Gasteiger partial charge in [-0.1, -0.05) is 60.7 Å². The maximum atomic E-state index is 12.6. The molecule has 3 rings (SSSR count). The van der Waals surface area contributed by atoms with E-state index in [0.29, 0.717) is 13.2 Å². The van der Waals surface area contributed by atoms with Crippen molar-refractivity contribution >= 4 is 5.91 Å². The molecular formula is C22H27NO2. The van der Waals surface area contributed by atoms with E-state index in [4.69, 9.17) is 4.74 Å². The van der Waals surface area contributed by atoms with Gasteiger partial charge in [0, 0.05) is 19.1 Å². The summed E-state index contributed by atoms with van der Waals surface area (Å²) >= 11 is 0. The number of hydrogen-bond donors (Lipinski definition) is 1. The Labute approximate surface area is 150 Å². The molecular weight excluding hydrogens is 310 g/mol. The second-order valence-corrected chi connectivity index (χ2v) is 6.74. The summed E-state index contributed by atoms with van der Waals surface area (Å²) in [5.74, 6) is 0.269. The van der Waals surface area contributed by atoms with Gasteiger partial charge in [-0.15, -0.1) is 0 Å². The molecule has 0 aromatic heterocycles. The first-order valence-electron chi connectivity index (χ1n) is 9.30. The van der Waals surface area contributed by atoms with Crippen molar-refractivity contribution in [3.63, 3.8) is 0 Å². The van der Waals surface area contributed by atoms with Crippen LogP contribution in [0.25, 0.3) is 0 Å². The Hall–Kier alpha value is -2.13. The highest BCUT2D eigenvalue weighted by Gasteiger charge is 2.24. The summed E-state index contributed by atoms with van der Waals surface area (Å²) in [5, 5.41) is 3.29. The Morgan fingerprint density at radius 1 is 1.00 bits per heavy atom. The molecule has 0 radical (unpaired) electrons. The van der Waals surface area contributed by atoms with Crippen LogP contribution in [-0.2, 0) is 16.0 Å². The van der Waals surface area contributed by atoms with Crippen LogP contribution in [0.15, 0.2) is 60.7 Å². The normalized spacial score (nSPS) is 16.3. The van der Waals surface area contributed by atoms with Gasteiger partial charge in [0.05, 0.1) is 6.04 Å². The maximum absolute atomic E-state index is 12.6. The SMILES string of the molecule is O=C(NC(CCCc1ccccc1)c1ccccc1)C1CCOCC1. The van der Waals surface area contributed by atoms with Crippen LogP contribution in [0.4, 0.5) is 0 Å². The highest BCUT2D eigenvalue weighted by atomic mass is 16.5. The summed E-state index contributed by atoms with van der Waals surface area (Å²) in [7, 11) is 0. The third-order valence-corrected chi connectivity index (χ3v) is 4.91. The molecule has 1 atom stereocenters. The molecule has 2 aromatic carbocycles. The Morgan fingerprint density at radius 3 is 2.32 bits per heavy atom. The predicted molar refractivity (Wildman–Crippen MR) is 100 cm³/mol. The van der Waals surface area contributed by atoms with Crippen molar-refractivity contribution in [2.45, 2.75) is 38.1 Å². The number of rotatable bonds is 7. The van der Waals surface area contributed by atoms with Crippen molar-refractivity contribution in [2.75, 3.05) is 13.2 Å². The van der Waals surface area contributed by atoms with Gasteiger partial charge >= 0.3 is 0 Å². The standard InChI is InChI=1S/C22H27NO2/c24-22(20-14-16-25-17-15-20)23-21(19-11-5-2-6-12-19)13-7-10-18-8-3-1-4-9-18/h1-6,8-9,11-12,20-21H,7,10,13-17H2,(H,23,24). The smallest absolute Gasteiger partial charge is 0.223 e. The Bertz CT molecular complexity index is 636. The topological polar surface area (TPSA) is 38.3 Å². The number of hydrogen-bond acceptors (Lipinski definition) is 2. The van der Waals surface area contributed by atoms with Crippen LogP contribution in [0, 0.1) is 5.92 Å². The van der Waals surface area contributed by atoms with Crippen LogP contribution in [0.2, 0.25) is 0 Å². The molecule has 3 nitrogen and oxygen atoms in total. The monoisotopic (exact) mass is 337 g/mol. The molecule has 1 amide bonds. The number of amides is 1. The van der Waals surface area contributed by atoms with E-state index < -0.39 is 0 Å². The average Bonchev–Trinajstić information content (AvgIpc) is 2.69. The highest BCUT2D eigenvalue weighted by molar-refractivity contribution is 5.79. The largest absolute Gasteiger partial charge is 0.381 e. The molecule has 0 spiro atoms. The molecule has 25 heavy (non-hydrogen) atoms. The third kappa shape index (κ3) is 5.43. The van der Waals surface area contributed by atoms with Crippen molar-refractivity contribution in [3.05, 3.63) is 71.8 Å². The molecule has 1 aliphatic rings. The van der Waals surface area contributed by atoms with Crippen molar-refractivity contribution in [3.8, 4) is 0 Å². The second-order valence-electron chi connectivity index (χ2n) is 6.74. The number of nitrogens with one attached hydrogen (secondary N) is 1. The molecule has 2 aromatic rings. The van der Waals surface area contributed by atoms with Crippen LogP contribution in [-0.4, -0.2) is 19.1 Å². The number of ether oxygens (including phenoxy) is 1. The lowest BCUT2D eigenvalue weighted by molar-refractivity contribution is -0.128. The minimum atomic E-state index is 0.0836. The van der Waals surface area contributed by atoms with Gasteiger partial charge in [0.1, 0.15) is 0 Å². The molecule has 1 saturated heterocycles. The number of carbonyl (C=O) groups is 1. The fourth-order valence-corrected chi connectivity index (χ4v) is 3.41. The predicted octanol–water partition coefficient (Wildman–Crippen LogP) is 4.29. The van der Waals surface area contributed by atoms with E-state index in [1.807, 2.05) is 24.3 Å². The first kappa shape index (κ1) is 17.7. The minimum absolute atomic E-state index is 0.0836. The van der Waals surface area contributed by atoms with Crippen molar-refractivity contribution < 1.29 is 9.53 Å². The molecule has 0 aliphatic carbocycles. The van der Waals surface area contributed by atoms with Crippen molar-refractivity contribution in [1.29, 1.82) is 0 Å². The summed E-state index contributed by atoms with van der Waals surface area (Å²) in [6.45, 7) is 1.39. The Kier molecular flexibility index (Phi) is 6.63. The first-order valence-corrected chi connectivity index (χ1v) is 9.30. The fourth-order valence-electron chi connectivity index (χ4n) is 3.41. The van der Waals surface area contributed by atoms with Gasteiger partial charge in [0.2, 0.25) is 5.91 Å². The molecule has 132 valence electrons. The van der Waals surface area contributed by atoms with Gasteiger partial charge in [0.15, 0.2) is 0 Å². The molecule has 1 heterocycles. The Morgan fingerprint density at radius 2 is 1.64 bits per heavy atom. The van der Waals surface area contributed by atoms with Crippen molar-refractivity contribution in [2.24, 2.45) is 5.92 Å². The van der Waals surface area contributed by atoms with E-state index in [2.05, 4.69) is 41.7 Å². The quantitative estimate of drug-likeness (QED) is 0.818. The number of aryl methyl sites for hydroxylation is 1. The lowest BCUT2D eigenvalue weighted by Crippen LogP contribution is -2.36. The van der Waals surface area contributed by atoms with Gasteiger partial charge < -0.3 is 10.1 Å². The molecule has 0 bridgehead atoms. The maximum Gasteiger partial charge on any atom is 0.223 e. The zero-order chi connectivity index (χ0) is 17.3. The average molecular weight is 337 g/mol. The lowest BCUT2D eigenvalue weighted by Gasteiger charge is -2.25. The van der Waals surface area contributed by atoms with E-state index in [0.717, 1.165) is 32.1 Å². The first-order chi connectivity index (χ1) is 12.3. The highest BCUT2D eigenvalue weighted by Crippen LogP contribution is 2.22. The number of benzene rings is 2. The Balaban J connectivity index is 1.60. The second kappa shape index (κ2) is 9.38. The fraction of sp³-hybridized carbons (Fsp3) is 0.409. The molecule has 1 unspecified atom stereocenters. The van der Waals surface area contributed by atoms with E-state index in [9.17, 15) is 4.79 Å². The summed E-state index contributed by atoms with van der Waals surface area (Å²) in [4.78, 5) is 12.6. The van der Waals surface area contributed by atoms with Gasteiger partial charge in [-0.25, -0.2) is 0 Å².